The molecule has 1 aromatic rings. The average Bonchev–Trinajstić information content (AvgIpc) is 3.06. The molecule has 1 aromatic carbocycles. The maximum Gasteiger partial charge on any atom is 0.193 e. The minimum absolute atomic E-state index is 0.568. The highest BCUT2D eigenvalue weighted by Crippen LogP contribution is 2.17. The second kappa shape index (κ2) is 10.2. The van der Waals surface area contributed by atoms with E-state index in [-0.39, 0.29) is 0 Å². The first-order valence-electron chi connectivity index (χ1n) is 8.42. The van der Waals surface area contributed by atoms with Crippen LogP contribution in [0.1, 0.15) is 12.0 Å². The summed E-state index contributed by atoms with van der Waals surface area (Å²) in [5.74, 6) is 2.41. The Balaban J connectivity index is 1.79. The molecule has 1 saturated heterocycles. The van der Waals surface area contributed by atoms with Crippen molar-refractivity contribution in [1.82, 2.24) is 10.2 Å². The van der Waals surface area contributed by atoms with Crippen LogP contribution in [0.2, 0.25) is 0 Å². The van der Waals surface area contributed by atoms with Crippen molar-refractivity contribution in [3.63, 3.8) is 0 Å². The van der Waals surface area contributed by atoms with Gasteiger partial charge >= 0.3 is 0 Å². The van der Waals surface area contributed by atoms with Gasteiger partial charge < -0.3 is 24.4 Å². The number of hydrogen-bond acceptors (Lipinski definition) is 4. The molecule has 0 saturated carbocycles. The Hall–Kier alpha value is -1.79. The van der Waals surface area contributed by atoms with E-state index in [1.54, 1.807) is 14.2 Å². The summed E-state index contributed by atoms with van der Waals surface area (Å²) in [6, 6.07) is 8.11. The number of aliphatic imine (C=N–C) groups is 1. The SMILES string of the molecule is CN=C(NCc1ccc(OCCOC)cc1)N1CCC(COC)C1. The summed E-state index contributed by atoms with van der Waals surface area (Å²) < 4.78 is 15.8. The predicted molar refractivity (Wildman–Crippen MR) is 95.6 cm³/mol. The van der Waals surface area contributed by atoms with Crippen LogP contribution in [0, 0.1) is 5.92 Å². The Kier molecular flexibility index (Phi) is 7.85. The van der Waals surface area contributed by atoms with Gasteiger partial charge in [0, 0.05) is 46.8 Å². The lowest BCUT2D eigenvalue weighted by Gasteiger charge is -2.21. The number of benzene rings is 1. The number of rotatable bonds is 8. The molecule has 134 valence electrons. The molecule has 0 spiro atoms. The van der Waals surface area contributed by atoms with Crippen molar-refractivity contribution in [2.24, 2.45) is 10.9 Å². The van der Waals surface area contributed by atoms with Crippen LogP contribution in [-0.2, 0) is 16.0 Å². The molecular formula is C18H29N3O3. The summed E-state index contributed by atoms with van der Waals surface area (Å²) in [7, 11) is 5.26. The fraction of sp³-hybridized carbons (Fsp3) is 0.611. The Labute approximate surface area is 144 Å². The highest BCUT2D eigenvalue weighted by molar-refractivity contribution is 5.80. The van der Waals surface area contributed by atoms with E-state index < -0.39 is 0 Å². The van der Waals surface area contributed by atoms with Crippen molar-refractivity contribution in [1.29, 1.82) is 0 Å². The van der Waals surface area contributed by atoms with E-state index in [0.29, 0.717) is 19.1 Å². The van der Waals surface area contributed by atoms with E-state index in [0.717, 1.165) is 44.4 Å². The molecule has 0 aromatic heterocycles. The molecule has 1 aliphatic heterocycles. The third-order valence-corrected chi connectivity index (χ3v) is 4.13. The van der Waals surface area contributed by atoms with Crippen molar-refractivity contribution in [2.75, 3.05) is 54.2 Å². The third-order valence-electron chi connectivity index (χ3n) is 4.13. The fourth-order valence-corrected chi connectivity index (χ4v) is 2.86. The Morgan fingerprint density at radius 2 is 2.00 bits per heavy atom. The summed E-state index contributed by atoms with van der Waals surface area (Å²) in [4.78, 5) is 6.70. The van der Waals surface area contributed by atoms with Crippen molar-refractivity contribution < 1.29 is 14.2 Å². The molecule has 1 atom stereocenters. The zero-order valence-corrected chi connectivity index (χ0v) is 15.0. The van der Waals surface area contributed by atoms with Crippen LogP contribution in [-0.4, -0.2) is 65.0 Å². The largest absolute Gasteiger partial charge is 0.491 e. The normalized spacial score (nSPS) is 18.0. The lowest BCUT2D eigenvalue weighted by Crippen LogP contribution is -2.39. The Morgan fingerprint density at radius 3 is 2.67 bits per heavy atom. The van der Waals surface area contributed by atoms with Gasteiger partial charge in [-0.2, -0.15) is 0 Å². The number of nitrogens with zero attached hydrogens (tertiary/aromatic N) is 2. The topological polar surface area (TPSA) is 55.3 Å². The van der Waals surface area contributed by atoms with Gasteiger partial charge in [-0.25, -0.2) is 0 Å². The molecule has 0 aliphatic carbocycles. The molecule has 1 unspecified atom stereocenters. The zero-order valence-electron chi connectivity index (χ0n) is 15.0. The first-order chi connectivity index (χ1) is 11.8. The molecule has 1 aliphatic rings. The minimum Gasteiger partial charge on any atom is -0.491 e. The molecule has 1 N–H and O–H groups in total. The van der Waals surface area contributed by atoms with Crippen LogP contribution in [0.15, 0.2) is 29.3 Å². The van der Waals surface area contributed by atoms with Crippen LogP contribution < -0.4 is 10.1 Å². The maximum atomic E-state index is 5.58. The van der Waals surface area contributed by atoms with Gasteiger partial charge in [0.05, 0.1) is 13.2 Å². The molecule has 1 fully saturated rings. The highest BCUT2D eigenvalue weighted by atomic mass is 16.5. The third kappa shape index (κ3) is 5.69. The van der Waals surface area contributed by atoms with Gasteiger partial charge in [0.15, 0.2) is 5.96 Å². The number of hydrogen-bond donors (Lipinski definition) is 1. The molecule has 6 heteroatoms. The van der Waals surface area contributed by atoms with Crippen LogP contribution in [0.25, 0.3) is 0 Å². The Bertz CT molecular complexity index is 505. The van der Waals surface area contributed by atoms with Gasteiger partial charge in [0.1, 0.15) is 12.4 Å². The smallest absolute Gasteiger partial charge is 0.193 e. The second-order valence-electron chi connectivity index (χ2n) is 5.94. The lowest BCUT2D eigenvalue weighted by atomic mass is 10.1. The van der Waals surface area contributed by atoms with Crippen molar-refractivity contribution in [2.45, 2.75) is 13.0 Å². The van der Waals surface area contributed by atoms with Gasteiger partial charge in [0.2, 0.25) is 0 Å². The summed E-state index contributed by atoms with van der Waals surface area (Å²) in [5, 5.41) is 3.44. The second-order valence-corrected chi connectivity index (χ2v) is 5.94. The van der Waals surface area contributed by atoms with Gasteiger partial charge in [-0.3, -0.25) is 4.99 Å². The molecule has 24 heavy (non-hydrogen) atoms. The van der Waals surface area contributed by atoms with Gasteiger partial charge in [-0.1, -0.05) is 12.1 Å². The van der Waals surface area contributed by atoms with E-state index >= 15 is 0 Å². The summed E-state index contributed by atoms with van der Waals surface area (Å²) in [6.07, 6.45) is 1.15. The van der Waals surface area contributed by atoms with Gasteiger partial charge in [-0.15, -0.1) is 0 Å². The van der Waals surface area contributed by atoms with Crippen molar-refractivity contribution in [3.8, 4) is 5.75 Å². The summed E-state index contributed by atoms with van der Waals surface area (Å²) in [5.41, 5.74) is 1.20. The number of likely N-dealkylation sites (tertiary alicyclic amines) is 1. The van der Waals surface area contributed by atoms with Gasteiger partial charge in [0.25, 0.3) is 0 Å². The molecule has 0 bridgehead atoms. The molecule has 0 amide bonds. The highest BCUT2D eigenvalue weighted by Gasteiger charge is 2.24. The van der Waals surface area contributed by atoms with E-state index in [1.165, 1.54) is 5.56 Å². The van der Waals surface area contributed by atoms with Crippen LogP contribution >= 0.6 is 0 Å². The Morgan fingerprint density at radius 1 is 1.21 bits per heavy atom. The maximum absolute atomic E-state index is 5.58. The van der Waals surface area contributed by atoms with Crippen LogP contribution in [0.4, 0.5) is 0 Å². The monoisotopic (exact) mass is 335 g/mol. The quantitative estimate of drug-likeness (QED) is 0.446. The van der Waals surface area contributed by atoms with Crippen LogP contribution in [0.5, 0.6) is 5.75 Å². The number of nitrogens with one attached hydrogen (secondary N) is 1. The van der Waals surface area contributed by atoms with Crippen LogP contribution in [0.3, 0.4) is 0 Å². The molecule has 0 radical (unpaired) electrons. The lowest BCUT2D eigenvalue weighted by molar-refractivity contribution is 0.146. The molecular weight excluding hydrogens is 306 g/mol. The van der Waals surface area contributed by atoms with Gasteiger partial charge in [-0.05, 0) is 24.1 Å². The molecule has 1 heterocycles. The number of guanidine groups is 1. The predicted octanol–water partition coefficient (Wildman–Crippen LogP) is 1.76. The average molecular weight is 335 g/mol. The number of ether oxygens (including phenoxy) is 3. The summed E-state index contributed by atoms with van der Waals surface area (Å²) in [6.45, 7) is 4.76. The fourth-order valence-electron chi connectivity index (χ4n) is 2.86. The van der Waals surface area contributed by atoms with Crippen molar-refractivity contribution in [3.05, 3.63) is 29.8 Å². The molecule has 6 nitrogen and oxygen atoms in total. The summed E-state index contributed by atoms with van der Waals surface area (Å²) >= 11 is 0. The zero-order chi connectivity index (χ0) is 17.2. The van der Waals surface area contributed by atoms with E-state index in [2.05, 4.69) is 27.3 Å². The number of methoxy groups -OCH3 is 2. The standard InChI is InChI=1S/C18H29N3O3/c1-19-18(21-9-8-16(13-21)14-23-3)20-12-15-4-6-17(7-5-15)24-11-10-22-2/h4-7,16H,8-14H2,1-3H3,(H,19,20). The van der Waals surface area contributed by atoms with Crippen molar-refractivity contribution >= 4 is 5.96 Å². The molecule has 2 rings (SSSR count). The van der Waals surface area contributed by atoms with E-state index in [1.807, 2.05) is 19.2 Å². The minimum atomic E-state index is 0.568. The van der Waals surface area contributed by atoms with E-state index in [4.69, 9.17) is 14.2 Å². The first-order valence-corrected chi connectivity index (χ1v) is 8.42. The van der Waals surface area contributed by atoms with E-state index in [9.17, 15) is 0 Å². The first kappa shape index (κ1) is 18.5.